The van der Waals surface area contributed by atoms with Crippen LogP contribution in [0.3, 0.4) is 0 Å². The summed E-state index contributed by atoms with van der Waals surface area (Å²) in [5.74, 6) is 1.47. The first kappa shape index (κ1) is 20.9. The number of ether oxygens (including phenoxy) is 2. The molecule has 156 valence electrons. The van der Waals surface area contributed by atoms with Crippen LogP contribution in [0.4, 0.5) is 10.5 Å². The second-order valence-electron chi connectivity index (χ2n) is 8.23. The van der Waals surface area contributed by atoms with Gasteiger partial charge in [-0.15, -0.1) is 0 Å². The van der Waals surface area contributed by atoms with Crippen molar-refractivity contribution in [3.05, 3.63) is 24.3 Å². The van der Waals surface area contributed by atoms with Gasteiger partial charge in [0.1, 0.15) is 12.4 Å². The zero-order valence-corrected chi connectivity index (χ0v) is 17.3. The Balaban J connectivity index is 1.41. The topological polar surface area (TPSA) is 62.8 Å². The lowest BCUT2D eigenvalue weighted by Gasteiger charge is -2.34. The minimum absolute atomic E-state index is 0.157. The minimum atomic E-state index is -0.157. The van der Waals surface area contributed by atoms with Crippen LogP contribution in [-0.4, -0.2) is 56.9 Å². The van der Waals surface area contributed by atoms with Crippen LogP contribution in [0.15, 0.2) is 24.3 Å². The van der Waals surface area contributed by atoms with Crippen molar-refractivity contribution >= 4 is 11.7 Å². The highest BCUT2D eigenvalue weighted by Gasteiger charge is 2.25. The molecule has 1 saturated carbocycles. The van der Waals surface area contributed by atoms with E-state index < -0.39 is 0 Å². The van der Waals surface area contributed by atoms with Crippen LogP contribution in [0.1, 0.15) is 44.9 Å². The molecule has 2 amide bonds. The van der Waals surface area contributed by atoms with Crippen LogP contribution in [-0.2, 0) is 4.74 Å². The van der Waals surface area contributed by atoms with Gasteiger partial charge in [-0.05, 0) is 70.0 Å². The summed E-state index contributed by atoms with van der Waals surface area (Å²) < 4.78 is 11.3. The normalized spacial score (nSPS) is 21.5. The number of carbonyl (C=O) groups excluding carboxylic acids is 1. The van der Waals surface area contributed by atoms with E-state index in [1.54, 1.807) is 0 Å². The number of likely N-dealkylation sites (N-methyl/N-ethyl adjacent to an activating group) is 1. The summed E-state index contributed by atoms with van der Waals surface area (Å²) in [5.41, 5.74) is 0.765. The van der Waals surface area contributed by atoms with Gasteiger partial charge in [0.2, 0.25) is 0 Å². The molecule has 1 heterocycles. The summed E-state index contributed by atoms with van der Waals surface area (Å²) in [5, 5.41) is 5.96. The van der Waals surface area contributed by atoms with Crippen molar-refractivity contribution in [2.24, 2.45) is 5.92 Å². The third kappa shape index (κ3) is 6.38. The maximum Gasteiger partial charge on any atom is 0.319 e. The lowest BCUT2D eigenvalue weighted by Crippen LogP contribution is -2.46. The van der Waals surface area contributed by atoms with E-state index in [9.17, 15) is 4.79 Å². The Kier molecular flexibility index (Phi) is 7.98. The molecular formula is C22H35N3O3. The highest BCUT2D eigenvalue weighted by Crippen LogP contribution is 2.28. The third-order valence-corrected chi connectivity index (χ3v) is 5.90. The van der Waals surface area contributed by atoms with E-state index in [0.29, 0.717) is 25.1 Å². The highest BCUT2D eigenvalue weighted by atomic mass is 16.5. The average Bonchev–Trinajstić information content (AvgIpc) is 3.22. The molecule has 1 saturated heterocycles. The molecule has 2 N–H and O–H groups in total. The molecule has 0 spiro atoms. The third-order valence-electron chi connectivity index (χ3n) is 5.90. The smallest absolute Gasteiger partial charge is 0.319 e. The molecule has 1 aliphatic heterocycles. The largest absolute Gasteiger partial charge is 0.491 e. The van der Waals surface area contributed by atoms with Gasteiger partial charge in [0, 0.05) is 24.9 Å². The predicted molar refractivity (Wildman–Crippen MR) is 112 cm³/mol. The average molecular weight is 390 g/mol. The summed E-state index contributed by atoms with van der Waals surface area (Å²) in [6.07, 6.45) is 8.87. The number of hydrogen-bond acceptors (Lipinski definition) is 4. The summed E-state index contributed by atoms with van der Waals surface area (Å²) in [6.45, 7) is 2.09. The quantitative estimate of drug-likeness (QED) is 0.708. The molecule has 6 nitrogen and oxygen atoms in total. The molecule has 1 aliphatic carbocycles. The number of nitrogens with zero attached hydrogens (tertiary/aromatic N) is 1. The molecular weight excluding hydrogens is 354 g/mol. The first-order valence-electron chi connectivity index (χ1n) is 10.7. The Labute approximate surface area is 169 Å². The predicted octanol–water partition coefficient (Wildman–Crippen LogP) is 3.88. The molecule has 1 aromatic carbocycles. The summed E-state index contributed by atoms with van der Waals surface area (Å²) in [6, 6.07) is 7.74. The van der Waals surface area contributed by atoms with Crippen molar-refractivity contribution in [3.63, 3.8) is 0 Å². The van der Waals surface area contributed by atoms with E-state index in [-0.39, 0.29) is 12.1 Å². The SMILES string of the molecule is CN(C)C(CNC(=O)Nc1ccc(OCC2CCCO2)cc1)C1CCCCC1. The van der Waals surface area contributed by atoms with E-state index in [4.69, 9.17) is 9.47 Å². The van der Waals surface area contributed by atoms with Crippen LogP contribution in [0.25, 0.3) is 0 Å². The fourth-order valence-corrected chi connectivity index (χ4v) is 4.26. The van der Waals surface area contributed by atoms with Gasteiger partial charge in [-0.25, -0.2) is 4.79 Å². The zero-order chi connectivity index (χ0) is 19.8. The van der Waals surface area contributed by atoms with Crippen LogP contribution in [0.5, 0.6) is 5.75 Å². The number of amides is 2. The highest BCUT2D eigenvalue weighted by molar-refractivity contribution is 5.89. The lowest BCUT2D eigenvalue weighted by molar-refractivity contribution is 0.0679. The molecule has 2 atom stereocenters. The van der Waals surface area contributed by atoms with Crippen molar-refractivity contribution in [2.45, 2.75) is 57.1 Å². The van der Waals surface area contributed by atoms with Crippen molar-refractivity contribution < 1.29 is 14.3 Å². The Bertz CT molecular complexity index is 594. The Morgan fingerprint density at radius 1 is 1.14 bits per heavy atom. The number of hydrogen-bond donors (Lipinski definition) is 2. The van der Waals surface area contributed by atoms with Crippen molar-refractivity contribution in [1.82, 2.24) is 10.2 Å². The maximum atomic E-state index is 12.3. The molecule has 0 radical (unpaired) electrons. The van der Waals surface area contributed by atoms with Crippen molar-refractivity contribution in [2.75, 3.05) is 39.2 Å². The van der Waals surface area contributed by atoms with E-state index >= 15 is 0 Å². The van der Waals surface area contributed by atoms with Gasteiger partial charge in [-0.2, -0.15) is 0 Å². The second-order valence-corrected chi connectivity index (χ2v) is 8.23. The summed E-state index contributed by atoms with van der Waals surface area (Å²) >= 11 is 0. The molecule has 2 aliphatic rings. The van der Waals surface area contributed by atoms with Crippen molar-refractivity contribution in [3.8, 4) is 5.75 Å². The number of carbonyl (C=O) groups is 1. The number of rotatable bonds is 8. The van der Waals surface area contributed by atoms with Gasteiger partial charge in [0.15, 0.2) is 0 Å². The van der Waals surface area contributed by atoms with Crippen LogP contribution < -0.4 is 15.4 Å². The van der Waals surface area contributed by atoms with Crippen LogP contribution >= 0.6 is 0 Å². The Morgan fingerprint density at radius 2 is 1.89 bits per heavy atom. The van der Waals surface area contributed by atoms with Gasteiger partial charge < -0.3 is 25.0 Å². The first-order valence-corrected chi connectivity index (χ1v) is 10.7. The molecule has 3 rings (SSSR count). The number of anilines is 1. The fourth-order valence-electron chi connectivity index (χ4n) is 4.26. The number of benzene rings is 1. The van der Waals surface area contributed by atoms with E-state index in [0.717, 1.165) is 30.9 Å². The first-order chi connectivity index (χ1) is 13.6. The Morgan fingerprint density at radius 3 is 2.54 bits per heavy atom. The summed E-state index contributed by atoms with van der Waals surface area (Å²) in [4.78, 5) is 14.6. The molecule has 2 fully saturated rings. The minimum Gasteiger partial charge on any atom is -0.491 e. The molecule has 0 aromatic heterocycles. The standard InChI is InChI=1S/C22H35N3O3/c1-25(2)21(17-7-4-3-5-8-17)15-23-22(26)24-18-10-12-19(13-11-18)28-16-20-9-6-14-27-20/h10-13,17,20-21H,3-9,14-16H2,1-2H3,(H2,23,24,26). The summed E-state index contributed by atoms with van der Waals surface area (Å²) in [7, 11) is 4.21. The van der Waals surface area contributed by atoms with Crippen LogP contribution in [0.2, 0.25) is 0 Å². The van der Waals surface area contributed by atoms with Gasteiger partial charge >= 0.3 is 6.03 Å². The van der Waals surface area contributed by atoms with Crippen molar-refractivity contribution in [1.29, 1.82) is 0 Å². The van der Waals surface area contributed by atoms with E-state index in [1.165, 1.54) is 32.1 Å². The molecule has 2 unspecified atom stereocenters. The van der Waals surface area contributed by atoms with Crippen LogP contribution in [0, 0.1) is 5.92 Å². The number of urea groups is 1. The Hall–Kier alpha value is -1.79. The van der Waals surface area contributed by atoms with E-state index in [2.05, 4.69) is 29.6 Å². The van der Waals surface area contributed by atoms with Gasteiger partial charge in [-0.1, -0.05) is 19.3 Å². The zero-order valence-electron chi connectivity index (χ0n) is 17.3. The molecule has 6 heteroatoms. The second kappa shape index (κ2) is 10.7. The monoisotopic (exact) mass is 389 g/mol. The lowest BCUT2D eigenvalue weighted by atomic mass is 9.83. The fraction of sp³-hybridized carbons (Fsp3) is 0.682. The van der Waals surface area contributed by atoms with Gasteiger partial charge in [-0.3, -0.25) is 0 Å². The number of nitrogens with one attached hydrogen (secondary N) is 2. The van der Waals surface area contributed by atoms with Gasteiger partial charge in [0.25, 0.3) is 0 Å². The van der Waals surface area contributed by atoms with Gasteiger partial charge in [0.05, 0.1) is 6.10 Å². The molecule has 0 bridgehead atoms. The maximum absolute atomic E-state index is 12.3. The van der Waals surface area contributed by atoms with E-state index in [1.807, 2.05) is 24.3 Å². The molecule has 1 aromatic rings. The molecule has 28 heavy (non-hydrogen) atoms.